The molecule has 0 saturated heterocycles. The van der Waals surface area contributed by atoms with Crippen molar-refractivity contribution in [3.63, 3.8) is 0 Å². The van der Waals surface area contributed by atoms with Crippen LogP contribution in [-0.2, 0) is 11.2 Å². The molecule has 102 valence electrons. The van der Waals surface area contributed by atoms with Gasteiger partial charge in [0.25, 0.3) is 0 Å². The molecule has 0 aromatic carbocycles. The van der Waals surface area contributed by atoms with Crippen LogP contribution in [0.3, 0.4) is 0 Å². The number of hydrogen-bond acceptors (Lipinski definition) is 4. The van der Waals surface area contributed by atoms with Gasteiger partial charge < -0.3 is 4.90 Å². The molecule has 0 saturated carbocycles. The zero-order valence-electron chi connectivity index (χ0n) is 11.4. The second kappa shape index (κ2) is 6.30. The number of thiophene rings is 1. The van der Waals surface area contributed by atoms with Crippen LogP contribution in [0, 0.1) is 0 Å². The molecule has 2 aromatic rings. The van der Waals surface area contributed by atoms with Crippen LogP contribution in [0.5, 0.6) is 0 Å². The van der Waals surface area contributed by atoms with Gasteiger partial charge in [0.2, 0.25) is 5.91 Å². The molecule has 5 heteroatoms. The van der Waals surface area contributed by atoms with Crippen LogP contribution in [-0.4, -0.2) is 28.9 Å². The number of nitrogens with zero attached hydrogens (tertiary/aromatic N) is 2. The van der Waals surface area contributed by atoms with Gasteiger partial charge in [-0.3, -0.25) is 4.79 Å². The molecule has 0 fully saturated rings. The molecular formula is C14H18N2OS2. The van der Waals surface area contributed by atoms with Crippen molar-refractivity contribution in [3.8, 4) is 9.88 Å². The molecule has 1 atom stereocenters. The lowest BCUT2D eigenvalue weighted by molar-refractivity contribution is -0.131. The van der Waals surface area contributed by atoms with Crippen molar-refractivity contribution in [2.45, 2.75) is 32.7 Å². The summed E-state index contributed by atoms with van der Waals surface area (Å²) in [6.07, 6.45) is 1.36. The topological polar surface area (TPSA) is 33.2 Å². The summed E-state index contributed by atoms with van der Waals surface area (Å²) in [5.41, 5.74) is 0.869. The fourth-order valence-corrected chi connectivity index (χ4v) is 3.33. The summed E-state index contributed by atoms with van der Waals surface area (Å²) in [5, 5.41) is 5.03. The highest BCUT2D eigenvalue weighted by Gasteiger charge is 2.16. The lowest BCUT2D eigenvalue weighted by Gasteiger charge is -2.23. The van der Waals surface area contributed by atoms with Crippen LogP contribution < -0.4 is 0 Å². The fourth-order valence-electron chi connectivity index (χ4n) is 1.70. The molecule has 19 heavy (non-hydrogen) atoms. The Bertz CT molecular complexity index is 533. The smallest absolute Gasteiger partial charge is 0.228 e. The number of aromatic nitrogens is 1. The Balaban J connectivity index is 2.02. The summed E-state index contributed by atoms with van der Waals surface area (Å²) in [7, 11) is 1.86. The van der Waals surface area contributed by atoms with Gasteiger partial charge in [0.1, 0.15) is 5.01 Å². The Morgan fingerprint density at radius 1 is 1.47 bits per heavy atom. The first-order chi connectivity index (χ1) is 9.11. The molecule has 1 unspecified atom stereocenters. The molecule has 2 rings (SSSR count). The largest absolute Gasteiger partial charge is 0.343 e. The first kappa shape index (κ1) is 14.2. The van der Waals surface area contributed by atoms with E-state index in [0.717, 1.165) is 17.1 Å². The minimum atomic E-state index is 0.136. The molecule has 0 N–H and O–H groups in total. The molecule has 2 heterocycles. The third-order valence-corrected chi connectivity index (χ3v) is 5.19. The third kappa shape index (κ3) is 3.42. The molecular weight excluding hydrogens is 276 g/mol. The number of rotatable bonds is 5. The summed E-state index contributed by atoms with van der Waals surface area (Å²) in [5.74, 6) is 0.136. The number of amides is 1. The lowest BCUT2D eigenvalue weighted by Crippen LogP contribution is -2.35. The zero-order chi connectivity index (χ0) is 13.8. The van der Waals surface area contributed by atoms with E-state index in [-0.39, 0.29) is 11.9 Å². The molecule has 3 nitrogen and oxygen atoms in total. The van der Waals surface area contributed by atoms with E-state index in [4.69, 9.17) is 0 Å². The van der Waals surface area contributed by atoms with Gasteiger partial charge in [0.05, 0.1) is 17.0 Å². The molecule has 2 aromatic heterocycles. The van der Waals surface area contributed by atoms with Crippen LogP contribution >= 0.6 is 22.7 Å². The Hall–Kier alpha value is -1.20. The highest BCUT2D eigenvalue weighted by molar-refractivity contribution is 7.20. The number of hydrogen-bond donors (Lipinski definition) is 0. The molecule has 0 aliphatic carbocycles. The minimum Gasteiger partial charge on any atom is -0.343 e. The second-order valence-electron chi connectivity index (χ2n) is 4.56. The number of thiazole rings is 1. The van der Waals surface area contributed by atoms with E-state index in [1.807, 2.05) is 28.8 Å². The molecule has 1 amide bonds. The van der Waals surface area contributed by atoms with Crippen molar-refractivity contribution in [1.29, 1.82) is 0 Å². The standard InChI is InChI=1S/C14H18N2OS2/c1-4-10(2)16(3)13(17)8-11-9-19-14(15-11)12-6-5-7-18-12/h5-7,9-10H,4,8H2,1-3H3. The maximum Gasteiger partial charge on any atom is 0.228 e. The quantitative estimate of drug-likeness (QED) is 0.843. The SMILES string of the molecule is CCC(C)N(C)C(=O)Cc1csc(-c2cccs2)n1. The van der Waals surface area contributed by atoms with Gasteiger partial charge >= 0.3 is 0 Å². The van der Waals surface area contributed by atoms with Crippen LogP contribution in [0.1, 0.15) is 26.0 Å². The van der Waals surface area contributed by atoms with Gasteiger partial charge in [-0.1, -0.05) is 13.0 Å². The van der Waals surface area contributed by atoms with Crippen molar-refractivity contribution >= 4 is 28.6 Å². The Labute approximate surface area is 121 Å². The maximum absolute atomic E-state index is 12.1. The van der Waals surface area contributed by atoms with E-state index in [2.05, 4.69) is 24.9 Å². The molecule has 0 bridgehead atoms. The summed E-state index contributed by atoms with van der Waals surface area (Å²) in [6.45, 7) is 4.15. The highest BCUT2D eigenvalue weighted by Crippen LogP contribution is 2.28. The van der Waals surface area contributed by atoms with Crippen molar-refractivity contribution in [2.24, 2.45) is 0 Å². The summed E-state index contributed by atoms with van der Waals surface area (Å²) < 4.78 is 0. The summed E-state index contributed by atoms with van der Waals surface area (Å²) in [4.78, 5) is 19.6. The van der Waals surface area contributed by atoms with Crippen LogP contribution in [0.25, 0.3) is 9.88 Å². The van der Waals surface area contributed by atoms with Gasteiger partial charge in [0.15, 0.2) is 0 Å². The monoisotopic (exact) mass is 294 g/mol. The minimum absolute atomic E-state index is 0.136. The average molecular weight is 294 g/mol. The maximum atomic E-state index is 12.1. The number of likely N-dealkylation sites (N-methyl/N-ethyl adjacent to an activating group) is 1. The van der Waals surface area contributed by atoms with E-state index in [1.54, 1.807) is 22.7 Å². The predicted molar refractivity (Wildman–Crippen MR) is 81.7 cm³/mol. The molecule has 0 aliphatic rings. The average Bonchev–Trinajstić information content (AvgIpc) is 3.06. The van der Waals surface area contributed by atoms with Gasteiger partial charge in [0, 0.05) is 18.5 Å². The van der Waals surface area contributed by atoms with Crippen molar-refractivity contribution in [2.75, 3.05) is 7.05 Å². The van der Waals surface area contributed by atoms with E-state index < -0.39 is 0 Å². The van der Waals surface area contributed by atoms with E-state index in [0.29, 0.717) is 6.42 Å². The lowest BCUT2D eigenvalue weighted by atomic mass is 10.2. The van der Waals surface area contributed by atoms with Crippen LogP contribution in [0.2, 0.25) is 0 Å². The second-order valence-corrected chi connectivity index (χ2v) is 6.37. The summed E-state index contributed by atoms with van der Waals surface area (Å²) in [6, 6.07) is 4.35. The van der Waals surface area contributed by atoms with E-state index in [1.165, 1.54) is 4.88 Å². The van der Waals surface area contributed by atoms with Gasteiger partial charge in [-0.05, 0) is 24.8 Å². The molecule has 0 aliphatic heterocycles. The van der Waals surface area contributed by atoms with E-state index >= 15 is 0 Å². The number of carbonyl (C=O) groups is 1. The van der Waals surface area contributed by atoms with Gasteiger partial charge in [-0.25, -0.2) is 4.98 Å². The van der Waals surface area contributed by atoms with Crippen LogP contribution in [0.4, 0.5) is 0 Å². The Morgan fingerprint density at radius 3 is 2.89 bits per heavy atom. The van der Waals surface area contributed by atoms with E-state index in [9.17, 15) is 4.79 Å². The normalized spacial score (nSPS) is 12.4. The van der Waals surface area contributed by atoms with Crippen molar-refractivity contribution in [3.05, 3.63) is 28.6 Å². The molecule has 0 radical (unpaired) electrons. The van der Waals surface area contributed by atoms with Gasteiger partial charge in [-0.15, -0.1) is 22.7 Å². The first-order valence-electron chi connectivity index (χ1n) is 6.35. The van der Waals surface area contributed by atoms with Crippen molar-refractivity contribution in [1.82, 2.24) is 9.88 Å². The predicted octanol–water partition coefficient (Wildman–Crippen LogP) is 3.67. The Kier molecular flexibility index (Phi) is 4.71. The van der Waals surface area contributed by atoms with Crippen LogP contribution in [0.15, 0.2) is 22.9 Å². The van der Waals surface area contributed by atoms with Gasteiger partial charge in [-0.2, -0.15) is 0 Å². The third-order valence-electron chi connectivity index (χ3n) is 3.26. The number of carbonyl (C=O) groups excluding carboxylic acids is 1. The zero-order valence-corrected chi connectivity index (χ0v) is 13.1. The fraction of sp³-hybridized carbons (Fsp3) is 0.429. The first-order valence-corrected chi connectivity index (χ1v) is 8.11. The highest BCUT2D eigenvalue weighted by atomic mass is 32.1. The Morgan fingerprint density at radius 2 is 2.26 bits per heavy atom. The summed E-state index contributed by atoms with van der Waals surface area (Å²) >= 11 is 3.28. The van der Waals surface area contributed by atoms with Crippen molar-refractivity contribution < 1.29 is 4.79 Å². The molecule has 0 spiro atoms.